The van der Waals surface area contributed by atoms with Gasteiger partial charge in [-0.3, -0.25) is 0 Å². The van der Waals surface area contributed by atoms with Gasteiger partial charge in [0.05, 0.1) is 12.3 Å². The van der Waals surface area contributed by atoms with Crippen LogP contribution < -0.4 is 4.74 Å². The normalized spacial score (nSPS) is 10.3. The lowest BCUT2D eigenvalue weighted by Crippen LogP contribution is -2.04. The lowest BCUT2D eigenvalue weighted by Gasteiger charge is -2.12. The molecule has 0 atom stereocenters. The van der Waals surface area contributed by atoms with Gasteiger partial charge >= 0.3 is 0 Å². The number of rotatable bonds is 4. The molecule has 0 aliphatic heterocycles. The molecule has 4 nitrogen and oxygen atoms in total. The van der Waals surface area contributed by atoms with Crippen LogP contribution in [0.2, 0.25) is 0 Å². The van der Waals surface area contributed by atoms with E-state index in [0.717, 1.165) is 22.3 Å². The number of aryl methyl sites for hydroxylation is 2. The molecule has 0 N–H and O–H groups in total. The first-order valence-corrected chi connectivity index (χ1v) is 8.21. The Balaban J connectivity index is 2.27. The molecule has 0 radical (unpaired) electrons. The molecular weight excluding hydrogens is 310 g/mol. The van der Waals surface area contributed by atoms with E-state index in [0.29, 0.717) is 29.6 Å². The SMILES string of the molecule is CCOc1nc(-c2cccc(C)c2)nc(-c2cccc(C)c2)c1C#N. The minimum atomic E-state index is 0.327. The summed E-state index contributed by atoms with van der Waals surface area (Å²) < 4.78 is 5.64. The highest BCUT2D eigenvalue weighted by molar-refractivity contribution is 5.72. The van der Waals surface area contributed by atoms with Crippen molar-refractivity contribution < 1.29 is 4.74 Å². The number of nitriles is 1. The quantitative estimate of drug-likeness (QED) is 0.696. The number of nitrogens with zero attached hydrogens (tertiary/aromatic N) is 3. The van der Waals surface area contributed by atoms with Crippen LogP contribution in [0, 0.1) is 25.2 Å². The molecule has 0 aliphatic carbocycles. The van der Waals surface area contributed by atoms with E-state index in [1.165, 1.54) is 0 Å². The highest BCUT2D eigenvalue weighted by Gasteiger charge is 2.18. The van der Waals surface area contributed by atoms with Crippen molar-refractivity contribution in [3.05, 3.63) is 65.2 Å². The zero-order chi connectivity index (χ0) is 17.8. The average molecular weight is 329 g/mol. The van der Waals surface area contributed by atoms with E-state index in [1.807, 2.05) is 69.3 Å². The van der Waals surface area contributed by atoms with Crippen molar-refractivity contribution in [1.82, 2.24) is 9.97 Å². The number of benzene rings is 2. The molecule has 0 bridgehead atoms. The maximum atomic E-state index is 9.65. The Morgan fingerprint density at radius 1 is 0.960 bits per heavy atom. The van der Waals surface area contributed by atoms with E-state index in [1.54, 1.807) is 0 Å². The standard InChI is InChI=1S/C21H19N3O/c1-4-25-21-18(13-22)19(16-9-5-7-14(2)11-16)23-20(24-21)17-10-6-8-15(3)12-17/h5-12H,4H2,1-3H3. The van der Waals surface area contributed by atoms with Gasteiger partial charge in [-0.2, -0.15) is 10.2 Å². The minimum Gasteiger partial charge on any atom is -0.477 e. The van der Waals surface area contributed by atoms with E-state index in [4.69, 9.17) is 9.72 Å². The molecule has 0 unspecified atom stereocenters. The lowest BCUT2D eigenvalue weighted by molar-refractivity contribution is 0.326. The van der Waals surface area contributed by atoms with Crippen LogP contribution in [0.1, 0.15) is 23.6 Å². The Morgan fingerprint density at radius 3 is 2.20 bits per heavy atom. The van der Waals surface area contributed by atoms with Crippen molar-refractivity contribution >= 4 is 0 Å². The maximum Gasteiger partial charge on any atom is 0.236 e. The zero-order valence-corrected chi connectivity index (χ0v) is 14.6. The molecule has 2 aromatic carbocycles. The molecule has 25 heavy (non-hydrogen) atoms. The van der Waals surface area contributed by atoms with Gasteiger partial charge in [0.2, 0.25) is 5.88 Å². The summed E-state index contributed by atoms with van der Waals surface area (Å²) in [6.07, 6.45) is 0. The number of ether oxygens (including phenoxy) is 1. The van der Waals surface area contributed by atoms with E-state index in [9.17, 15) is 5.26 Å². The highest BCUT2D eigenvalue weighted by Crippen LogP contribution is 2.31. The van der Waals surface area contributed by atoms with E-state index in [2.05, 4.69) is 11.1 Å². The first kappa shape index (κ1) is 16.7. The molecule has 1 aromatic heterocycles. The minimum absolute atomic E-state index is 0.327. The molecule has 4 heteroatoms. The molecule has 0 saturated carbocycles. The number of hydrogen-bond acceptors (Lipinski definition) is 4. The Bertz CT molecular complexity index is 958. The zero-order valence-electron chi connectivity index (χ0n) is 14.6. The summed E-state index contributed by atoms with van der Waals surface area (Å²) in [5.41, 5.74) is 4.98. The van der Waals surface area contributed by atoms with Crippen LogP contribution in [0.15, 0.2) is 48.5 Å². The number of hydrogen-bond donors (Lipinski definition) is 0. The molecule has 0 amide bonds. The topological polar surface area (TPSA) is 58.8 Å². The van der Waals surface area contributed by atoms with Crippen LogP contribution in [-0.2, 0) is 0 Å². The molecule has 0 aliphatic rings. The van der Waals surface area contributed by atoms with Gasteiger partial charge in [0.15, 0.2) is 5.82 Å². The van der Waals surface area contributed by atoms with Gasteiger partial charge in [0.1, 0.15) is 11.6 Å². The summed E-state index contributed by atoms with van der Waals surface area (Å²) in [7, 11) is 0. The fraction of sp³-hybridized carbons (Fsp3) is 0.190. The second-order valence-corrected chi connectivity index (χ2v) is 5.86. The number of aromatic nitrogens is 2. The summed E-state index contributed by atoms with van der Waals surface area (Å²) in [4.78, 5) is 9.19. The second-order valence-electron chi connectivity index (χ2n) is 5.86. The van der Waals surface area contributed by atoms with E-state index < -0.39 is 0 Å². The van der Waals surface area contributed by atoms with Gasteiger partial charge in [-0.05, 0) is 32.9 Å². The van der Waals surface area contributed by atoms with Crippen LogP contribution in [0.25, 0.3) is 22.6 Å². The Kier molecular flexibility index (Phi) is 4.76. The molecule has 0 saturated heterocycles. The summed E-state index contributed by atoms with van der Waals surface area (Å²) >= 11 is 0. The first-order valence-electron chi connectivity index (χ1n) is 8.21. The Hall–Kier alpha value is -3.19. The molecule has 0 fully saturated rings. The van der Waals surface area contributed by atoms with Gasteiger partial charge in [0.25, 0.3) is 0 Å². The van der Waals surface area contributed by atoms with Gasteiger partial charge in [-0.1, -0.05) is 47.5 Å². The van der Waals surface area contributed by atoms with Crippen molar-refractivity contribution in [3.63, 3.8) is 0 Å². The summed E-state index contributed by atoms with van der Waals surface area (Å²) in [6.45, 7) is 6.36. The van der Waals surface area contributed by atoms with Crippen LogP contribution in [0.5, 0.6) is 5.88 Å². The molecule has 124 valence electrons. The van der Waals surface area contributed by atoms with Crippen LogP contribution in [0.4, 0.5) is 0 Å². The molecule has 3 rings (SSSR count). The Morgan fingerprint density at radius 2 is 1.60 bits per heavy atom. The van der Waals surface area contributed by atoms with Gasteiger partial charge < -0.3 is 4.74 Å². The predicted molar refractivity (Wildman–Crippen MR) is 98.3 cm³/mol. The van der Waals surface area contributed by atoms with Crippen LogP contribution in [0.3, 0.4) is 0 Å². The van der Waals surface area contributed by atoms with E-state index >= 15 is 0 Å². The molecular formula is C21H19N3O. The second kappa shape index (κ2) is 7.14. The largest absolute Gasteiger partial charge is 0.477 e. The first-order chi connectivity index (χ1) is 12.1. The lowest BCUT2D eigenvalue weighted by atomic mass is 10.0. The fourth-order valence-electron chi connectivity index (χ4n) is 2.70. The molecule has 1 heterocycles. The van der Waals surface area contributed by atoms with Crippen LogP contribution >= 0.6 is 0 Å². The maximum absolute atomic E-state index is 9.65. The van der Waals surface area contributed by atoms with Gasteiger partial charge in [-0.15, -0.1) is 0 Å². The van der Waals surface area contributed by atoms with Crippen LogP contribution in [-0.4, -0.2) is 16.6 Å². The monoisotopic (exact) mass is 329 g/mol. The van der Waals surface area contributed by atoms with Crippen molar-refractivity contribution in [2.24, 2.45) is 0 Å². The predicted octanol–water partition coefficient (Wildman–Crippen LogP) is 4.70. The average Bonchev–Trinajstić information content (AvgIpc) is 2.61. The fourth-order valence-corrected chi connectivity index (χ4v) is 2.70. The summed E-state index contributed by atoms with van der Waals surface area (Å²) in [5, 5.41) is 9.65. The van der Waals surface area contributed by atoms with Crippen molar-refractivity contribution in [2.75, 3.05) is 6.61 Å². The molecule has 0 spiro atoms. The van der Waals surface area contributed by atoms with Gasteiger partial charge in [0, 0.05) is 11.1 Å². The Labute approximate surface area is 147 Å². The van der Waals surface area contributed by atoms with E-state index in [-0.39, 0.29) is 0 Å². The van der Waals surface area contributed by atoms with Crippen molar-refractivity contribution in [3.8, 4) is 34.6 Å². The van der Waals surface area contributed by atoms with Crippen molar-refractivity contribution in [2.45, 2.75) is 20.8 Å². The summed E-state index contributed by atoms with van der Waals surface area (Å²) in [6, 6.07) is 18.1. The smallest absolute Gasteiger partial charge is 0.236 e. The third-order valence-electron chi connectivity index (χ3n) is 3.84. The third-order valence-corrected chi connectivity index (χ3v) is 3.84. The summed E-state index contributed by atoms with van der Waals surface area (Å²) in [5.74, 6) is 0.885. The molecule has 3 aromatic rings. The highest BCUT2D eigenvalue weighted by atomic mass is 16.5. The van der Waals surface area contributed by atoms with Gasteiger partial charge in [-0.25, -0.2) is 4.98 Å². The van der Waals surface area contributed by atoms with Crippen molar-refractivity contribution in [1.29, 1.82) is 5.26 Å². The third kappa shape index (κ3) is 3.51.